The number of H-pyrrole nitrogens is 1. The highest BCUT2D eigenvalue weighted by atomic mass is 16.5. The topological polar surface area (TPSA) is 117 Å². The summed E-state index contributed by atoms with van der Waals surface area (Å²) in [7, 11) is 0. The van der Waals surface area contributed by atoms with Crippen LogP contribution < -0.4 is 5.32 Å². The summed E-state index contributed by atoms with van der Waals surface area (Å²) in [5, 5.41) is 25.2. The first-order valence-electron chi connectivity index (χ1n) is 6.54. The molecule has 0 unspecified atom stereocenters. The van der Waals surface area contributed by atoms with Crippen molar-refractivity contribution in [3.05, 3.63) is 41.4 Å². The first-order valence-corrected chi connectivity index (χ1v) is 6.54. The van der Waals surface area contributed by atoms with Crippen molar-refractivity contribution < 1.29 is 9.53 Å². The Bertz CT molecular complexity index is 730. The summed E-state index contributed by atoms with van der Waals surface area (Å²) >= 11 is 0. The van der Waals surface area contributed by atoms with Crippen LogP contribution in [-0.4, -0.2) is 33.2 Å². The number of ether oxygens (including phenoxy) is 1. The van der Waals surface area contributed by atoms with E-state index in [-0.39, 0.29) is 18.0 Å². The molecule has 1 aromatic heterocycles. The van der Waals surface area contributed by atoms with E-state index in [2.05, 4.69) is 25.9 Å². The van der Waals surface area contributed by atoms with Gasteiger partial charge >= 0.3 is 5.97 Å². The number of aryl methyl sites for hydroxylation is 1. The van der Waals surface area contributed by atoms with Crippen molar-refractivity contribution in [2.75, 3.05) is 11.9 Å². The number of aromatic amines is 1. The first kappa shape index (κ1) is 15.2. The van der Waals surface area contributed by atoms with Crippen LogP contribution in [0.3, 0.4) is 0 Å². The summed E-state index contributed by atoms with van der Waals surface area (Å²) in [5.74, 6) is -0.264. The number of anilines is 1. The van der Waals surface area contributed by atoms with Gasteiger partial charge in [-0.1, -0.05) is 11.6 Å². The van der Waals surface area contributed by atoms with Gasteiger partial charge in [-0.3, -0.25) is 0 Å². The summed E-state index contributed by atoms with van der Waals surface area (Å²) in [6, 6.07) is 7.26. The van der Waals surface area contributed by atoms with E-state index in [1.54, 1.807) is 19.1 Å². The Morgan fingerprint density at radius 2 is 2.36 bits per heavy atom. The fourth-order valence-electron chi connectivity index (χ4n) is 1.73. The standard InChI is InChI=1S/C14H14N6O2/c1-3-22-14(21)11-6-9(2)4-5-12(11)16-8-10(7-15)13-17-19-20-18-13/h4-6,8,16H,3H2,1-2H3,(H,17,18,19,20). The fourth-order valence-corrected chi connectivity index (χ4v) is 1.73. The zero-order valence-corrected chi connectivity index (χ0v) is 12.1. The van der Waals surface area contributed by atoms with Gasteiger partial charge in [-0.2, -0.15) is 10.5 Å². The van der Waals surface area contributed by atoms with Crippen LogP contribution in [0.1, 0.15) is 28.7 Å². The minimum atomic E-state index is -0.430. The van der Waals surface area contributed by atoms with Gasteiger partial charge in [-0.25, -0.2) is 4.79 Å². The highest BCUT2D eigenvalue weighted by Crippen LogP contribution is 2.19. The number of hydrogen-bond donors (Lipinski definition) is 2. The molecule has 112 valence electrons. The van der Waals surface area contributed by atoms with Crippen LogP contribution in [0.4, 0.5) is 5.69 Å². The van der Waals surface area contributed by atoms with Crippen LogP contribution in [0, 0.1) is 18.3 Å². The van der Waals surface area contributed by atoms with Crippen molar-refractivity contribution in [3.8, 4) is 6.07 Å². The molecule has 0 fully saturated rings. The molecule has 22 heavy (non-hydrogen) atoms. The molecule has 0 radical (unpaired) electrons. The lowest BCUT2D eigenvalue weighted by molar-refractivity contribution is 0.0527. The average molecular weight is 298 g/mol. The molecule has 0 bridgehead atoms. The molecular formula is C14H14N6O2. The third kappa shape index (κ3) is 3.46. The molecule has 0 aliphatic heterocycles. The highest BCUT2D eigenvalue weighted by Gasteiger charge is 2.13. The second kappa shape index (κ2) is 6.99. The second-order valence-electron chi connectivity index (χ2n) is 4.32. The van der Waals surface area contributed by atoms with E-state index in [0.29, 0.717) is 11.3 Å². The maximum absolute atomic E-state index is 12.0. The van der Waals surface area contributed by atoms with Crippen molar-refractivity contribution in [2.24, 2.45) is 0 Å². The molecular weight excluding hydrogens is 284 g/mol. The Morgan fingerprint density at radius 1 is 1.55 bits per heavy atom. The lowest BCUT2D eigenvalue weighted by Gasteiger charge is -2.09. The van der Waals surface area contributed by atoms with Gasteiger partial charge in [-0.05, 0) is 31.2 Å². The summed E-state index contributed by atoms with van der Waals surface area (Å²) in [6.45, 7) is 3.90. The van der Waals surface area contributed by atoms with Crippen molar-refractivity contribution in [3.63, 3.8) is 0 Å². The van der Waals surface area contributed by atoms with Crippen LogP contribution in [0.15, 0.2) is 24.4 Å². The SMILES string of the molecule is CCOC(=O)c1cc(C)ccc1NC=C(C#N)c1nn[nH]n1. The normalized spacial score (nSPS) is 10.9. The fraction of sp³-hybridized carbons (Fsp3) is 0.214. The Labute approximate surface area is 126 Å². The van der Waals surface area contributed by atoms with E-state index >= 15 is 0 Å². The molecule has 2 aromatic rings. The number of esters is 1. The van der Waals surface area contributed by atoms with Gasteiger partial charge in [0.25, 0.3) is 0 Å². The molecule has 0 saturated carbocycles. The molecule has 0 aliphatic rings. The Balaban J connectivity index is 2.29. The van der Waals surface area contributed by atoms with Gasteiger partial charge in [0.05, 0.1) is 17.9 Å². The summed E-state index contributed by atoms with van der Waals surface area (Å²) < 4.78 is 5.02. The quantitative estimate of drug-likeness (QED) is 0.636. The van der Waals surface area contributed by atoms with Gasteiger partial charge < -0.3 is 10.1 Å². The first-order chi connectivity index (χ1) is 10.7. The van der Waals surface area contributed by atoms with Gasteiger partial charge in [0.1, 0.15) is 11.6 Å². The lowest BCUT2D eigenvalue weighted by Crippen LogP contribution is -2.08. The molecule has 0 atom stereocenters. The minimum absolute atomic E-state index is 0.166. The second-order valence-corrected chi connectivity index (χ2v) is 4.32. The number of hydrogen-bond acceptors (Lipinski definition) is 7. The van der Waals surface area contributed by atoms with E-state index in [1.165, 1.54) is 6.20 Å². The average Bonchev–Trinajstić information content (AvgIpc) is 3.03. The number of benzene rings is 1. The third-order valence-corrected chi connectivity index (χ3v) is 2.75. The van der Waals surface area contributed by atoms with Gasteiger partial charge in [0, 0.05) is 6.20 Å². The minimum Gasteiger partial charge on any atom is -0.462 e. The van der Waals surface area contributed by atoms with Gasteiger partial charge in [-0.15, -0.1) is 10.2 Å². The highest BCUT2D eigenvalue weighted by molar-refractivity contribution is 5.96. The number of carbonyl (C=O) groups is 1. The Kier molecular flexibility index (Phi) is 4.82. The van der Waals surface area contributed by atoms with Crippen LogP contribution in [-0.2, 0) is 4.74 Å². The van der Waals surface area contributed by atoms with Crippen molar-refractivity contribution in [1.82, 2.24) is 20.6 Å². The predicted octanol–water partition coefficient (Wildman–Crippen LogP) is 1.66. The Morgan fingerprint density at radius 3 is 3.00 bits per heavy atom. The summed E-state index contributed by atoms with van der Waals surface area (Å²) in [6.07, 6.45) is 1.41. The zero-order chi connectivity index (χ0) is 15.9. The Hall–Kier alpha value is -3.21. The molecule has 0 spiro atoms. The van der Waals surface area contributed by atoms with E-state index < -0.39 is 5.97 Å². The number of nitrogens with zero attached hydrogens (tertiary/aromatic N) is 4. The number of nitrogens with one attached hydrogen (secondary N) is 2. The third-order valence-electron chi connectivity index (χ3n) is 2.75. The molecule has 2 rings (SSSR count). The van der Waals surface area contributed by atoms with E-state index in [4.69, 9.17) is 10.00 Å². The molecule has 2 N–H and O–H groups in total. The lowest BCUT2D eigenvalue weighted by atomic mass is 10.1. The zero-order valence-electron chi connectivity index (χ0n) is 12.1. The van der Waals surface area contributed by atoms with Crippen molar-refractivity contribution >= 4 is 17.2 Å². The van der Waals surface area contributed by atoms with Crippen LogP contribution in [0.2, 0.25) is 0 Å². The molecule has 0 amide bonds. The number of carbonyl (C=O) groups excluding carboxylic acids is 1. The largest absolute Gasteiger partial charge is 0.462 e. The van der Waals surface area contributed by atoms with E-state index in [9.17, 15) is 4.79 Å². The van der Waals surface area contributed by atoms with E-state index in [0.717, 1.165) is 5.56 Å². The number of aromatic nitrogens is 4. The van der Waals surface area contributed by atoms with Crippen LogP contribution in [0.25, 0.3) is 5.57 Å². The van der Waals surface area contributed by atoms with E-state index in [1.807, 2.05) is 19.1 Å². The molecule has 0 aliphatic carbocycles. The number of tetrazole rings is 1. The van der Waals surface area contributed by atoms with Crippen LogP contribution in [0.5, 0.6) is 0 Å². The maximum atomic E-state index is 12.0. The predicted molar refractivity (Wildman–Crippen MR) is 78.5 cm³/mol. The molecule has 8 nitrogen and oxygen atoms in total. The van der Waals surface area contributed by atoms with Crippen molar-refractivity contribution in [1.29, 1.82) is 5.26 Å². The van der Waals surface area contributed by atoms with Gasteiger partial charge in [0.2, 0.25) is 5.82 Å². The summed E-state index contributed by atoms with van der Waals surface area (Å²) in [5.41, 5.74) is 2.03. The molecule has 1 aromatic carbocycles. The molecule has 1 heterocycles. The van der Waals surface area contributed by atoms with Crippen LogP contribution >= 0.6 is 0 Å². The molecule has 8 heteroatoms. The maximum Gasteiger partial charge on any atom is 0.340 e. The number of nitriles is 1. The summed E-state index contributed by atoms with van der Waals surface area (Å²) in [4.78, 5) is 12.0. The van der Waals surface area contributed by atoms with Crippen molar-refractivity contribution in [2.45, 2.75) is 13.8 Å². The smallest absolute Gasteiger partial charge is 0.340 e. The molecule has 0 saturated heterocycles. The van der Waals surface area contributed by atoms with Gasteiger partial charge in [0.15, 0.2) is 0 Å². The number of rotatable bonds is 5. The number of allylic oxidation sites excluding steroid dienone is 1. The monoisotopic (exact) mass is 298 g/mol.